The first-order valence-corrected chi connectivity index (χ1v) is 2.51. The maximum atomic E-state index is 11.7. The molecule has 0 radical (unpaired) electrons. The van der Waals surface area contributed by atoms with Crippen LogP contribution in [0.25, 0.3) is 0 Å². The van der Waals surface area contributed by atoms with Crippen molar-refractivity contribution in [3.63, 3.8) is 0 Å². The molecule has 0 spiro atoms. The second-order valence-electron chi connectivity index (χ2n) is 1.90. The first-order valence-electron chi connectivity index (χ1n) is 2.51. The second kappa shape index (κ2) is 3.08. The van der Waals surface area contributed by atoms with Gasteiger partial charge < -0.3 is 5.11 Å². The van der Waals surface area contributed by atoms with Crippen LogP contribution in [0.4, 0.5) is 30.7 Å². The zero-order valence-electron chi connectivity index (χ0n) is 5.25. The summed E-state index contributed by atoms with van der Waals surface area (Å²) in [4.78, 5) is 0. The first kappa shape index (κ1) is 11.5. The van der Waals surface area contributed by atoms with Crippen molar-refractivity contribution in [2.75, 3.05) is 0 Å². The highest BCUT2D eigenvalue weighted by atomic mass is 19.3. The second-order valence-corrected chi connectivity index (χ2v) is 1.90. The van der Waals surface area contributed by atoms with Gasteiger partial charge in [0.25, 0.3) is 6.43 Å². The molecule has 1 nitrogen and oxygen atoms in total. The van der Waals surface area contributed by atoms with Crippen LogP contribution in [0, 0.1) is 0 Å². The molecule has 74 valence electrons. The molecule has 0 aliphatic rings. The lowest BCUT2D eigenvalue weighted by Gasteiger charge is -2.23. The molecule has 1 atom stereocenters. The lowest BCUT2D eigenvalue weighted by atomic mass is 10.2. The average Bonchev–Trinajstić information content (AvgIpc) is 1.83. The summed E-state index contributed by atoms with van der Waals surface area (Å²) in [7, 11) is 0. The van der Waals surface area contributed by atoms with E-state index in [2.05, 4.69) is 0 Å². The number of hydrogen-bond acceptors (Lipinski definition) is 1. The molecule has 0 aromatic heterocycles. The molecule has 0 saturated heterocycles. The van der Waals surface area contributed by atoms with Crippen LogP contribution in [-0.4, -0.2) is 29.7 Å². The highest BCUT2D eigenvalue weighted by Gasteiger charge is 2.64. The highest BCUT2D eigenvalue weighted by Crippen LogP contribution is 2.38. The lowest BCUT2D eigenvalue weighted by molar-refractivity contribution is -0.350. The van der Waals surface area contributed by atoms with Gasteiger partial charge in [-0.15, -0.1) is 0 Å². The Morgan fingerprint density at radius 1 is 0.917 bits per heavy atom. The quantitative estimate of drug-likeness (QED) is 0.688. The standard InChI is InChI=1S/C4H3F7O/c5-1(2(6)7)3(8,9)4(10,11)12/h1-2,12H. The SMILES string of the molecule is OC(F)(F)C(F)(F)C(F)C(F)F. The van der Waals surface area contributed by atoms with E-state index in [4.69, 9.17) is 5.11 Å². The summed E-state index contributed by atoms with van der Waals surface area (Å²) < 4.78 is 80.1. The Kier molecular flexibility index (Phi) is 2.94. The predicted octanol–water partition coefficient (Wildman–Crippen LogP) is 1.81. The lowest BCUT2D eigenvalue weighted by Crippen LogP contribution is -2.50. The van der Waals surface area contributed by atoms with Crippen LogP contribution in [0.1, 0.15) is 0 Å². The van der Waals surface area contributed by atoms with Gasteiger partial charge in [-0.25, -0.2) is 13.2 Å². The van der Waals surface area contributed by atoms with Crippen LogP contribution >= 0.6 is 0 Å². The summed E-state index contributed by atoms with van der Waals surface area (Å²) >= 11 is 0. The van der Waals surface area contributed by atoms with Gasteiger partial charge in [0.1, 0.15) is 0 Å². The van der Waals surface area contributed by atoms with E-state index >= 15 is 0 Å². The highest BCUT2D eigenvalue weighted by molar-refractivity contribution is 4.85. The van der Waals surface area contributed by atoms with E-state index in [1.54, 1.807) is 0 Å². The van der Waals surface area contributed by atoms with Crippen molar-refractivity contribution in [1.82, 2.24) is 0 Å². The van der Waals surface area contributed by atoms with Crippen molar-refractivity contribution in [2.45, 2.75) is 24.6 Å². The largest absolute Gasteiger partial charge is 0.420 e. The van der Waals surface area contributed by atoms with Gasteiger partial charge in [-0.1, -0.05) is 0 Å². The summed E-state index contributed by atoms with van der Waals surface area (Å²) in [5, 5.41) is 7.31. The third kappa shape index (κ3) is 1.99. The molecule has 0 amide bonds. The van der Waals surface area contributed by atoms with Crippen LogP contribution in [0.3, 0.4) is 0 Å². The normalized spacial score (nSPS) is 16.8. The number of aliphatic hydroxyl groups is 1. The van der Waals surface area contributed by atoms with Crippen molar-refractivity contribution in [3.05, 3.63) is 0 Å². The van der Waals surface area contributed by atoms with Crippen molar-refractivity contribution in [2.24, 2.45) is 0 Å². The summed E-state index contributed by atoms with van der Waals surface area (Å²) in [5.41, 5.74) is 0. The van der Waals surface area contributed by atoms with Crippen molar-refractivity contribution < 1.29 is 35.8 Å². The fourth-order valence-electron chi connectivity index (χ4n) is 0.324. The Morgan fingerprint density at radius 3 is 1.33 bits per heavy atom. The molecule has 0 aromatic rings. The molecule has 0 aliphatic carbocycles. The molecule has 0 saturated carbocycles. The number of alkyl halides is 7. The van der Waals surface area contributed by atoms with Crippen molar-refractivity contribution in [1.29, 1.82) is 0 Å². The van der Waals surface area contributed by atoms with Crippen LogP contribution in [0.2, 0.25) is 0 Å². The number of halogens is 7. The van der Waals surface area contributed by atoms with E-state index in [0.717, 1.165) is 0 Å². The van der Waals surface area contributed by atoms with Gasteiger partial charge in [0.15, 0.2) is 0 Å². The maximum Gasteiger partial charge on any atom is 0.420 e. The summed E-state index contributed by atoms with van der Waals surface area (Å²) in [5.74, 6) is -5.78. The topological polar surface area (TPSA) is 20.2 Å². The minimum atomic E-state index is -5.79. The predicted molar refractivity (Wildman–Crippen MR) is 23.0 cm³/mol. The molecule has 0 aliphatic heterocycles. The van der Waals surface area contributed by atoms with E-state index in [9.17, 15) is 30.7 Å². The monoisotopic (exact) mass is 200 g/mol. The van der Waals surface area contributed by atoms with Gasteiger partial charge in [0, 0.05) is 0 Å². The third-order valence-electron chi connectivity index (χ3n) is 0.969. The Labute approximate surface area is 61.8 Å². The Balaban J connectivity index is 4.61. The van der Waals surface area contributed by atoms with Crippen LogP contribution < -0.4 is 0 Å². The van der Waals surface area contributed by atoms with Crippen LogP contribution in [0.15, 0.2) is 0 Å². The average molecular weight is 200 g/mol. The third-order valence-corrected chi connectivity index (χ3v) is 0.969. The van der Waals surface area contributed by atoms with Gasteiger partial charge in [-0.3, -0.25) is 0 Å². The molecular formula is C4H3F7O. The molecule has 0 rings (SSSR count). The fourth-order valence-corrected chi connectivity index (χ4v) is 0.324. The Morgan fingerprint density at radius 2 is 1.25 bits per heavy atom. The molecular weight excluding hydrogens is 197 g/mol. The van der Waals surface area contributed by atoms with E-state index in [1.165, 1.54) is 0 Å². The minimum absolute atomic E-state index is 4.28. The van der Waals surface area contributed by atoms with Gasteiger partial charge >= 0.3 is 12.0 Å². The Bertz CT molecular complexity index is 150. The minimum Gasteiger partial charge on any atom is -0.331 e. The Hall–Kier alpha value is -0.530. The summed E-state index contributed by atoms with van der Waals surface area (Å²) in [6.07, 6.45) is -14.5. The molecule has 1 N–H and O–H groups in total. The van der Waals surface area contributed by atoms with E-state index < -0.39 is 24.6 Å². The van der Waals surface area contributed by atoms with Gasteiger partial charge in [-0.2, -0.15) is 17.6 Å². The molecule has 0 heterocycles. The van der Waals surface area contributed by atoms with Crippen molar-refractivity contribution >= 4 is 0 Å². The molecule has 1 unspecified atom stereocenters. The van der Waals surface area contributed by atoms with Gasteiger partial charge in [0.2, 0.25) is 6.17 Å². The molecule has 8 heteroatoms. The van der Waals surface area contributed by atoms with Crippen molar-refractivity contribution in [3.8, 4) is 0 Å². The molecule has 0 aromatic carbocycles. The molecule has 0 bridgehead atoms. The van der Waals surface area contributed by atoms with E-state index in [-0.39, 0.29) is 0 Å². The zero-order valence-corrected chi connectivity index (χ0v) is 5.25. The maximum absolute atomic E-state index is 11.7. The van der Waals surface area contributed by atoms with E-state index in [1.807, 2.05) is 0 Å². The van der Waals surface area contributed by atoms with E-state index in [0.29, 0.717) is 0 Å². The summed E-state index contributed by atoms with van der Waals surface area (Å²) in [6, 6.07) is 0. The van der Waals surface area contributed by atoms with Crippen LogP contribution in [-0.2, 0) is 0 Å². The number of rotatable bonds is 3. The smallest absolute Gasteiger partial charge is 0.331 e. The van der Waals surface area contributed by atoms with Gasteiger partial charge in [0.05, 0.1) is 0 Å². The van der Waals surface area contributed by atoms with Gasteiger partial charge in [-0.05, 0) is 0 Å². The number of hydrogen-bond donors (Lipinski definition) is 1. The van der Waals surface area contributed by atoms with Crippen LogP contribution in [0.5, 0.6) is 0 Å². The molecule has 0 fully saturated rings. The first-order chi connectivity index (χ1) is 5.10. The molecule has 12 heavy (non-hydrogen) atoms. The zero-order chi connectivity index (χ0) is 10.2. The fraction of sp³-hybridized carbons (Fsp3) is 1.00. The summed E-state index contributed by atoms with van der Waals surface area (Å²) in [6.45, 7) is 0.